The quantitative estimate of drug-likeness (QED) is 0.856. The summed E-state index contributed by atoms with van der Waals surface area (Å²) in [5.41, 5.74) is 0.266. The monoisotopic (exact) mass is 331 g/mol. The highest BCUT2D eigenvalue weighted by molar-refractivity contribution is 5.80. The van der Waals surface area contributed by atoms with Crippen LogP contribution in [0.2, 0.25) is 0 Å². The molecule has 0 aliphatic carbocycles. The Hall–Kier alpha value is -2.74. The number of benzene rings is 1. The van der Waals surface area contributed by atoms with Crippen molar-refractivity contribution in [1.82, 2.24) is 14.5 Å². The Kier molecular flexibility index (Phi) is 4.30. The maximum Gasteiger partial charge on any atom is 0.334 e. The highest BCUT2D eigenvalue weighted by atomic mass is 16.5. The largest absolute Gasteiger partial charge is 0.479 e. The molecule has 2 atom stereocenters. The summed E-state index contributed by atoms with van der Waals surface area (Å²) in [6.07, 6.45) is -0.0967. The fourth-order valence-corrected chi connectivity index (χ4v) is 2.76. The number of nitrogens with zero attached hydrogens (tertiary/aromatic N) is 3. The topological polar surface area (TPSA) is 102 Å². The van der Waals surface area contributed by atoms with Gasteiger partial charge in [-0.1, -0.05) is 12.1 Å². The summed E-state index contributed by atoms with van der Waals surface area (Å²) >= 11 is 0. The van der Waals surface area contributed by atoms with Crippen LogP contribution in [0.25, 0.3) is 10.9 Å². The smallest absolute Gasteiger partial charge is 0.334 e. The second-order valence-corrected chi connectivity index (χ2v) is 5.77. The van der Waals surface area contributed by atoms with Gasteiger partial charge in [0.05, 0.1) is 29.9 Å². The number of carbonyl (C=O) groups is 2. The van der Waals surface area contributed by atoms with Gasteiger partial charge in [-0.25, -0.2) is 9.78 Å². The van der Waals surface area contributed by atoms with Crippen LogP contribution in [0.4, 0.5) is 0 Å². The number of hydrogen-bond acceptors (Lipinski definition) is 5. The second-order valence-electron chi connectivity index (χ2n) is 5.77. The summed E-state index contributed by atoms with van der Waals surface area (Å²) in [6, 6.07) is 6.90. The van der Waals surface area contributed by atoms with Gasteiger partial charge < -0.3 is 14.7 Å². The Morgan fingerprint density at radius 2 is 2.08 bits per heavy atom. The summed E-state index contributed by atoms with van der Waals surface area (Å²) < 4.78 is 6.52. The molecule has 8 nitrogen and oxygen atoms in total. The number of carbonyl (C=O) groups excluding carboxylic acids is 1. The van der Waals surface area contributed by atoms with Crippen molar-refractivity contribution < 1.29 is 19.4 Å². The number of carboxylic acids is 1. The number of morpholine rings is 1. The molecule has 1 aliphatic heterocycles. The van der Waals surface area contributed by atoms with Crippen molar-refractivity contribution in [1.29, 1.82) is 0 Å². The summed E-state index contributed by atoms with van der Waals surface area (Å²) in [6.45, 7) is 1.78. The van der Waals surface area contributed by atoms with Gasteiger partial charge >= 0.3 is 5.97 Å². The summed E-state index contributed by atoms with van der Waals surface area (Å²) in [4.78, 5) is 41.6. The van der Waals surface area contributed by atoms with E-state index >= 15 is 0 Å². The zero-order chi connectivity index (χ0) is 17.3. The highest BCUT2D eigenvalue weighted by Crippen LogP contribution is 2.12. The van der Waals surface area contributed by atoms with E-state index in [1.807, 2.05) is 0 Å². The molecular formula is C16H17N3O5. The van der Waals surface area contributed by atoms with E-state index in [0.717, 1.165) is 0 Å². The van der Waals surface area contributed by atoms with E-state index in [9.17, 15) is 14.4 Å². The Morgan fingerprint density at radius 3 is 2.83 bits per heavy atom. The van der Waals surface area contributed by atoms with Crippen LogP contribution < -0.4 is 5.56 Å². The predicted molar refractivity (Wildman–Crippen MR) is 84.6 cm³/mol. The molecule has 2 heterocycles. The minimum absolute atomic E-state index is 0.0335. The van der Waals surface area contributed by atoms with Crippen LogP contribution in [0.1, 0.15) is 6.92 Å². The number of aromatic nitrogens is 2. The molecule has 0 saturated carbocycles. The third-order valence-electron chi connectivity index (χ3n) is 3.93. The molecular weight excluding hydrogens is 314 g/mol. The van der Waals surface area contributed by atoms with Gasteiger partial charge in [0, 0.05) is 6.54 Å². The first-order chi connectivity index (χ1) is 11.5. The lowest BCUT2D eigenvalue weighted by Gasteiger charge is -2.35. The van der Waals surface area contributed by atoms with E-state index in [1.165, 1.54) is 15.8 Å². The molecule has 24 heavy (non-hydrogen) atoms. The molecule has 1 N–H and O–H groups in total. The van der Waals surface area contributed by atoms with E-state index in [4.69, 9.17) is 9.84 Å². The molecule has 1 unspecified atom stereocenters. The van der Waals surface area contributed by atoms with Gasteiger partial charge in [0.15, 0.2) is 6.10 Å². The summed E-state index contributed by atoms with van der Waals surface area (Å²) in [7, 11) is 0. The fraction of sp³-hybridized carbons (Fsp3) is 0.375. The Bertz CT molecular complexity index is 847. The van der Waals surface area contributed by atoms with E-state index in [-0.39, 0.29) is 30.7 Å². The second kappa shape index (κ2) is 6.40. The van der Waals surface area contributed by atoms with Crippen molar-refractivity contribution in [2.24, 2.45) is 0 Å². The van der Waals surface area contributed by atoms with Gasteiger partial charge in [-0.05, 0) is 19.1 Å². The first-order valence-electron chi connectivity index (χ1n) is 7.56. The number of hydrogen-bond donors (Lipinski definition) is 1. The van der Waals surface area contributed by atoms with Gasteiger partial charge in [-0.2, -0.15) is 0 Å². The number of fused-ring (bicyclic) bond motifs is 1. The molecule has 1 aliphatic rings. The van der Waals surface area contributed by atoms with Crippen LogP contribution in [0.15, 0.2) is 35.4 Å². The normalized spacial score (nSPS) is 21.0. The van der Waals surface area contributed by atoms with Gasteiger partial charge in [-0.3, -0.25) is 14.2 Å². The molecule has 0 bridgehead atoms. The number of rotatable bonds is 3. The minimum atomic E-state index is -1.11. The Balaban J connectivity index is 1.81. The van der Waals surface area contributed by atoms with Crippen LogP contribution in [-0.2, 0) is 20.9 Å². The third kappa shape index (κ3) is 3.13. The molecule has 8 heteroatoms. The number of aliphatic carboxylic acids is 1. The molecule has 1 fully saturated rings. The Labute approximate surface area is 137 Å². The van der Waals surface area contributed by atoms with Gasteiger partial charge in [0.1, 0.15) is 6.54 Å². The van der Waals surface area contributed by atoms with Crippen molar-refractivity contribution in [3.05, 3.63) is 40.9 Å². The summed E-state index contributed by atoms with van der Waals surface area (Å²) in [5, 5.41) is 9.52. The fourth-order valence-electron chi connectivity index (χ4n) is 2.76. The molecule has 1 amide bonds. The van der Waals surface area contributed by atoms with E-state index in [0.29, 0.717) is 17.4 Å². The highest BCUT2D eigenvalue weighted by Gasteiger charge is 2.32. The molecule has 0 radical (unpaired) electrons. The zero-order valence-corrected chi connectivity index (χ0v) is 13.1. The maximum atomic E-state index is 12.5. The van der Waals surface area contributed by atoms with E-state index in [2.05, 4.69) is 4.98 Å². The van der Waals surface area contributed by atoms with Gasteiger partial charge in [0.25, 0.3) is 5.56 Å². The van der Waals surface area contributed by atoms with Crippen LogP contribution in [0.5, 0.6) is 0 Å². The van der Waals surface area contributed by atoms with E-state index < -0.39 is 12.1 Å². The lowest BCUT2D eigenvalue weighted by atomic mass is 10.2. The van der Waals surface area contributed by atoms with Gasteiger partial charge in [0.2, 0.25) is 5.91 Å². The van der Waals surface area contributed by atoms with Gasteiger partial charge in [-0.15, -0.1) is 0 Å². The molecule has 1 aromatic heterocycles. The van der Waals surface area contributed by atoms with Crippen LogP contribution >= 0.6 is 0 Å². The predicted octanol–water partition coefficient (Wildman–Crippen LogP) is 0.0970. The summed E-state index contributed by atoms with van der Waals surface area (Å²) in [5.74, 6) is -1.44. The number of amides is 1. The average Bonchev–Trinajstić information content (AvgIpc) is 2.57. The van der Waals surface area contributed by atoms with Crippen molar-refractivity contribution in [3.8, 4) is 0 Å². The average molecular weight is 331 g/mol. The van der Waals surface area contributed by atoms with Crippen LogP contribution in [-0.4, -0.2) is 56.7 Å². The lowest BCUT2D eigenvalue weighted by molar-refractivity contribution is -0.166. The molecule has 3 rings (SSSR count). The maximum absolute atomic E-state index is 12.5. The van der Waals surface area contributed by atoms with E-state index in [1.54, 1.807) is 31.2 Å². The van der Waals surface area contributed by atoms with Crippen molar-refractivity contribution in [2.45, 2.75) is 25.7 Å². The SMILES string of the molecule is C[C@@H]1CN(C(=O)Cn2cnc3ccccc3c2=O)CC(C(=O)O)O1. The molecule has 1 aromatic carbocycles. The molecule has 1 saturated heterocycles. The number of ether oxygens (including phenoxy) is 1. The van der Waals surface area contributed by atoms with Crippen molar-refractivity contribution in [2.75, 3.05) is 13.1 Å². The standard InChI is InChI=1S/C16H17N3O5/c1-10-6-18(7-13(24-10)16(22)23)14(20)8-19-9-17-12-5-3-2-4-11(12)15(19)21/h2-5,9-10,13H,6-8H2,1H3,(H,22,23)/t10-,13?/m1/s1. The zero-order valence-electron chi connectivity index (χ0n) is 13.1. The lowest BCUT2D eigenvalue weighted by Crippen LogP contribution is -2.52. The van der Waals surface area contributed by atoms with Crippen LogP contribution in [0, 0.1) is 0 Å². The third-order valence-corrected chi connectivity index (χ3v) is 3.93. The number of para-hydroxylation sites is 1. The number of carboxylic acid groups (broad SMARTS) is 1. The molecule has 2 aromatic rings. The first kappa shape index (κ1) is 16.1. The van der Waals surface area contributed by atoms with Crippen molar-refractivity contribution >= 4 is 22.8 Å². The van der Waals surface area contributed by atoms with Crippen LogP contribution in [0.3, 0.4) is 0 Å². The van der Waals surface area contributed by atoms with Crippen molar-refractivity contribution in [3.63, 3.8) is 0 Å². The molecule has 126 valence electrons. The first-order valence-corrected chi connectivity index (χ1v) is 7.56. The Morgan fingerprint density at radius 1 is 1.33 bits per heavy atom. The molecule has 0 spiro atoms. The minimum Gasteiger partial charge on any atom is -0.479 e.